The lowest BCUT2D eigenvalue weighted by Gasteiger charge is -2.91. The minimum atomic E-state index is 0.777. The summed E-state index contributed by atoms with van der Waals surface area (Å²) >= 11 is 2.21. The van der Waals surface area contributed by atoms with Gasteiger partial charge in [-0.1, -0.05) is 20.8 Å². The van der Waals surface area contributed by atoms with E-state index in [-0.39, 0.29) is 0 Å². The van der Waals surface area contributed by atoms with Crippen molar-refractivity contribution in [3.05, 3.63) is 0 Å². The van der Waals surface area contributed by atoms with Crippen LogP contribution in [-0.4, -0.2) is 11.5 Å². The van der Waals surface area contributed by atoms with Gasteiger partial charge < -0.3 is 0 Å². The normalized spacial score (nSPS) is 72.3. The van der Waals surface area contributed by atoms with E-state index in [9.17, 15) is 0 Å². The average molecular weight is 303 g/mol. The first-order valence-electron chi connectivity index (χ1n) is 9.65. The van der Waals surface area contributed by atoms with E-state index in [4.69, 9.17) is 0 Å². The molecule has 6 aliphatic rings. The van der Waals surface area contributed by atoms with Crippen molar-refractivity contribution in [2.45, 2.75) is 51.7 Å². The Labute approximate surface area is 134 Å². The molecule has 6 rings (SSSR count). The van der Waals surface area contributed by atoms with Gasteiger partial charge in [0, 0.05) is 5.25 Å². The monoisotopic (exact) mass is 302 g/mol. The summed E-state index contributed by atoms with van der Waals surface area (Å²) in [4.78, 5) is 0. The zero-order valence-corrected chi connectivity index (χ0v) is 14.8. The predicted molar refractivity (Wildman–Crippen MR) is 89.1 cm³/mol. The van der Waals surface area contributed by atoms with Gasteiger partial charge in [0.25, 0.3) is 0 Å². The second-order valence-corrected chi connectivity index (χ2v) is 10.9. The van der Waals surface area contributed by atoms with Gasteiger partial charge in [-0.25, -0.2) is 0 Å². The Morgan fingerprint density at radius 3 is 2.71 bits per heavy atom. The molecule has 0 heterocycles. The summed E-state index contributed by atoms with van der Waals surface area (Å²) < 4.78 is 0. The number of fused-ring (bicyclic) bond motifs is 2. The highest BCUT2D eigenvalue weighted by molar-refractivity contribution is 7.99. The van der Waals surface area contributed by atoms with Crippen molar-refractivity contribution >= 4 is 11.8 Å². The summed E-state index contributed by atoms with van der Waals surface area (Å²) in [7, 11) is 0. The first-order chi connectivity index (χ1) is 10.1. The van der Waals surface area contributed by atoms with Crippen molar-refractivity contribution in [3.8, 4) is 0 Å². The van der Waals surface area contributed by atoms with Gasteiger partial charge in [-0.3, -0.25) is 0 Å². The summed E-state index contributed by atoms with van der Waals surface area (Å²) in [6.07, 6.45) is 8.70. The minimum absolute atomic E-state index is 0.777. The third-order valence-electron chi connectivity index (χ3n) is 10.6. The lowest BCUT2D eigenvalue weighted by atomic mass is 9.13. The molecule has 0 aromatic heterocycles. The summed E-state index contributed by atoms with van der Waals surface area (Å²) in [5, 5.41) is 0.971. The fourth-order valence-corrected chi connectivity index (χ4v) is 11.5. The van der Waals surface area contributed by atoms with Crippen LogP contribution < -0.4 is 0 Å². The Bertz CT molecular complexity index is 524. The average Bonchev–Trinajstić information content (AvgIpc) is 2.74. The van der Waals surface area contributed by atoms with E-state index in [2.05, 4.69) is 38.8 Å². The first-order valence-corrected chi connectivity index (χ1v) is 10.9. The SMILES string of the molecule is CCC(SC)[C@H]1C2CC3CC4CC5C1C1C2C(C)(C3C)C451. The Balaban J connectivity index is 1.52. The van der Waals surface area contributed by atoms with Crippen LogP contribution in [0.4, 0.5) is 0 Å². The van der Waals surface area contributed by atoms with Gasteiger partial charge in [0.15, 0.2) is 0 Å². The van der Waals surface area contributed by atoms with Crippen molar-refractivity contribution < 1.29 is 0 Å². The van der Waals surface area contributed by atoms with Crippen molar-refractivity contribution in [3.63, 3.8) is 0 Å². The molecule has 0 radical (unpaired) electrons. The maximum absolute atomic E-state index is 2.77. The van der Waals surface area contributed by atoms with Crippen LogP contribution in [0.5, 0.6) is 0 Å². The number of thioether (sulfide) groups is 1. The molecule has 12 atom stereocenters. The standard InChI is InChI=1S/C20H30S/c1-5-14(21-4)15-12-7-10-6-11-8-13-16(15)18-17(12)19(3,9(10)2)20(11,13)18/h9-18H,5-8H2,1-4H3/t9?,10?,11?,12?,13?,14?,15-,16?,17?,18?,19?,20?/m1/s1. The quantitative estimate of drug-likeness (QED) is 0.711. The summed E-state index contributed by atoms with van der Waals surface area (Å²) in [5.74, 6) is 10.2. The van der Waals surface area contributed by atoms with E-state index >= 15 is 0 Å². The highest BCUT2D eigenvalue weighted by atomic mass is 32.2. The molecular formula is C20H30S. The summed E-state index contributed by atoms with van der Waals surface area (Å²) in [6, 6.07) is 0. The maximum atomic E-state index is 2.77. The number of hydrogen-bond donors (Lipinski definition) is 0. The third-order valence-corrected chi connectivity index (χ3v) is 11.9. The van der Waals surface area contributed by atoms with E-state index in [0.29, 0.717) is 0 Å². The molecule has 0 saturated heterocycles. The van der Waals surface area contributed by atoms with Gasteiger partial charge >= 0.3 is 0 Å². The molecule has 116 valence electrons. The van der Waals surface area contributed by atoms with Crippen LogP contribution in [0, 0.1) is 64.1 Å². The Morgan fingerprint density at radius 1 is 1.19 bits per heavy atom. The van der Waals surface area contributed by atoms with Gasteiger partial charge in [0.05, 0.1) is 0 Å². The molecule has 11 unspecified atom stereocenters. The smallest absolute Gasteiger partial charge is 0.00755 e. The molecule has 0 aromatic carbocycles. The zero-order valence-electron chi connectivity index (χ0n) is 14.0. The van der Waals surface area contributed by atoms with Crippen LogP contribution in [0.1, 0.15) is 46.5 Å². The molecule has 0 aliphatic heterocycles. The molecule has 0 N–H and O–H groups in total. The molecule has 0 amide bonds. The van der Waals surface area contributed by atoms with Gasteiger partial charge in [-0.2, -0.15) is 11.8 Å². The molecule has 0 aromatic rings. The molecule has 1 heteroatoms. The van der Waals surface area contributed by atoms with Crippen molar-refractivity contribution in [2.75, 3.05) is 6.26 Å². The van der Waals surface area contributed by atoms with Crippen LogP contribution in [-0.2, 0) is 0 Å². The van der Waals surface area contributed by atoms with Crippen molar-refractivity contribution in [2.24, 2.45) is 64.1 Å². The maximum Gasteiger partial charge on any atom is 0.00755 e. The largest absolute Gasteiger partial charge is 0.162 e. The van der Waals surface area contributed by atoms with Crippen molar-refractivity contribution in [1.82, 2.24) is 0 Å². The fourth-order valence-electron chi connectivity index (χ4n) is 10.4. The van der Waals surface area contributed by atoms with Gasteiger partial charge in [-0.15, -0.1) is 0 Å². The minimum Gasteiger partial charge on any atom is -0.162 e. The van der Waals surface area contributed by atoms with E-state index in [1.54, 1.807) is 19.3 Å². The van der Waals surface area contributed by atoms with Crippen LogP contribution >= 0.6 is 11.8 Å². The van der Waals surface area contributed by atoms with Crippen LogP contribution in [0.25, 0.3) is 0 Å². The van der Waals surface area contributed by atoms with Gasteiger partial charge in [0.1, 0.15) is 0 Å². The molecule has 6 aliphatic carbocycles. The zero-order chi connectivity index (χ0) is 14.3. The lowest BCUT2D eigenvalue weighted by molar-refractivity contribution is -0.445. The molecule has 0 nitrogen and oxygen atoms in total. The van der Waals surface area contributed by atoms with E-state index in [1.165, 1.54) is 30.1 Å². The highest BCUT2D eigenvalue weighted by Crippen LogP contribution is 2.98. The third kappa shape index (κ3) is 0.898. The molecule has 21 heavy (non-hydrogen) atoms. The molecular weight excluding hydrogens is 272 g/mol. The predicted octanol–water partition coefficient (Wildman–Crippen LogP) is 4.94. The topological polar surface area (TPSA) is 0 Å². The Morgan fingerprint density at radius 2 is 2.00 bits per heavy atom. The number of hydrogen-bond acceptors (Lipinski definition) is 1. The molecule has 2 bridgehead atoms. The Hall–Kier alpha value is 0.350. The van der Waals surface area contributed by atoms with Crippen LogP contribution in [0.3, 0.4) is 0 Å². The van der Waals surface area contributed by atoms with Gasteiger partial charge in [0.2, 0.25) is 0 Å². The lowest BCUT2D eigenvalue weighted by Crippen LogP contribution is -2.87. The number of rotatable bonds is 3. The van der Waals surface area contributed by atoms with Crippen LogP contribution in [0.2, 0.25) is 0 Å². The highest BCUT2D eigenvalue weighted by Gasteiger charge is 2.94. The van der Waals surface area contributed by atoms with E-state index in [0.717, 1.165) is 45.7 Å². The fraction of sp³-hybridized carbons (Fsp3) is 1.00. The van der Waals surface area contributed by atoms with E-state index in [1.807, 2.05) is 0 Å². The van der Waals surface area contributed by atoms with Crippen molar-refractivity contribution in [1.29, 1.82) is 0 Å². The summed E-state index contributed by atoms with van der Waals surface area (Å²) in [6.45, 7) is 7.89. The first kappa shape index (κ1) is 12.7. The van der Waals surface area contributed by atoms with Gasteiger partial charge in [-0.05, 0) is 96.0 Å². The second-order valence-electron chi connectivity index (χ2n) is 9.83. The second kappa shape index (κ2) is 3.40. The van der Waals surface area contributed by atoms with E-state index < -0.39 is 0 Å². The van der Waals surface area contributed by atoms with Crippen LogP contribution in [0.15, 0.2) is 0 Å². The molecule has 6 saturated carbocycles. The molecule has 6 fully saturated rings. The Kier molecular flexibility index (Phi) is 2.06. The summed E-state index contributed by atoms with van der Waals surface area (Å²) in [5.41, 5.74) is 1.67. The molecule has 1 spiro atoms.